The van der Waals surface area contributed by atoms with Gasteiger partial charge in [-0.25, -0.2) is 0 Å². The Bertz CT molecular complexity index is 325. The molecule has 3 nitrogen and oxygen atoms in total. The van der Waals surface area contributed by atoms with Gasteiger partial charge in [0.15, 0.2) is 0 Å². The van der Waals surface area contributed by atoms with Gasteiger partial charge >= 0.3 is 0 Å². The van der Waals surface area contributed by atoms with Crippen LogP contribution in [-0.2, 0) is 6.42 Å². The molecule has 0 saturated carbocycles. The zero-order valence-electron chi connectivity index (χ0n) is 6.54. The summed E-state index contributed by atoms with van der Waals surface area (Å²) in [5.74, 6) is 0.687. The van der Waals surface area contributed by atoms with Gasteiger partial charge < -0.3 is 9.73 Å². The van der Waals surface area contributed by atoms with E-state index in [0.29, 0.717) is 18.5 Å². The van der Waals surface area contributed by atoms with Crippen LogP contribution in [0.4, 0.5) is 0 Å². The third-order valence-corrected chi connectivity index (χ3v) is 1.84. The number of carbonyl (C=O) groups excluding carboxylic acids is 1. The molecule has 0 aliphatic carbocycles. The first-order valence-electron chi connectivity index (χ1n) is 3.87. The van der Waals surface area contributed by atoms with Gasteiger partial charge in [-0.1, -0.05) is 12.2 Å². The molecule has 1 aromatic rings. The van der Waals surface area contributed by atoms with E-state index in [0.717, 1.165) is 5.76 Å². The van der Waals surface area contributed by atoms with Crippen LogP contribution in [0.25, 0.3) is 0 Å². The molecule has 1 aliphatic heterocycles. The molecule has 12 heavy (non-hydrogen) atoms. The monoisotopic (exact) mass is 163 g/mol. The number of rotatable bonds is 0. The first-order valence-corrected chi connectivity index (χ1v) is 3.87. The highest BCUT2D eigenvalue weighted by atomic mass is 16.3. The SMILES string of the molecule is O=C1NC/C=C\Cc2occc21. The molecule has 1 amide bonds. The van der Waals surface area contributed by atoms with Gasteiger partial charge in [-0.2, -0.15) is 0 Å². The van der Waals surface area contributed by atoms with Gasteiger partial charge in [0.1, 0.15) is 5.76 Å². The summed E-state index contributed by atoms with van der Waals surface area (Å²) in [5, 5.41) is 2.74. The van der Waals surface area contributed by atoms with E-state index in [2.05, 4.69) is 5.32 Å². The third-order valence-electron chi connectivity index (χ3n) is 1.84. The Morgan fingerprint density at radius 3 is 3.25 bits per heavy atom. The molecular formula is C9H9NO2. The van der Waals surface area contributed by atoms with Gasteiger partial charge in [-0.05, 0) is 6.07 Å². The zero-order chi connectivity index (χ0) is 8.39. The molecule has 0 radical (unpaired) electrons. The average molecular weight is 163 g/mol. The summed E-state index contributed by atoms with van der Waals surface area (Å²) in [6, 6.07) is 1.70. The fourth-order valence-electron chi connectivity index (χ4n) is 1.22. The summed E-state index contributed by atoms with van der Waals surface area (Å²) in [6.07, 6.45) is 6.16. The van der Waals surface area contributed by atoms with Crippen LogP contribution in [0.15, 0.2) is 28.9 Å². The summed E-state index contributed by atoms with van der Waals surface area (Å²) >= 11 is 0. The molecule has 1 N–H and O–H groups in total. The van der Waals surface area contributed by atoms with Crippen LogP contribution in [-0.4, -0.2) is 12.5 Å². The van der Waals surface area contributed by atoms with Crippen LogP contribution in [0.5, 0.6) is 0 Å². The van der Waals surface area contributed by atoms with Crippen molar-refractivity contribution in [1.29, 1.82) is 0 Å². The van der Waals surface area contributed by atoms with Gasteiger partial charge in [0.2, 0.25) is 0 Å². The smallest absolute Gasteiger partial charge is 0.255 e. The summed E-state index contributed by atoms with van der Waals surface area (Å²) < 4.78 is 5.15. The van der Waals surface area contributed by atoms with Gasteiger partial charge in [0, 0.05) is 13.0 Å². The molecule has 0 unspecified atom stereocenters. The lowest BCUT2D eigenvalue weighted by Gasteiger charge is -2.04. The first kappa shape index (κ1) is 7.16. The van der Waals surface area contributed by atoms with Gasteiger partial charge in [0.25, 0.3) is 5.91 Å². The highest BCUT2D eigenvalue weighted by Gasteiger charge is 2.13. The number of nitrogens with one attached hydrogen (secondary N) is 1. The van der Waals surface area contributed by atoms with Crippen molar-refractivity contribution in [2.24, 2.45) is 0 Å². The summed E-state index contributed by atoms with van der Waals surface area (Å²) in [4.78, 5) is 11.3. The first-order chi connectivity index (χ1) is 5.88. The van der Waals surface area contributed by atoms with E-state index in [9.17, 15) is 4.79 Å². The Morgan fingerprint density at radius 1 is 1.42 bits per heavy atom. The Kier molecular flexibility index (Phi) is 1.70. The summed E-state index contributed by atoms with van der Waals surface area (Å²) in [7, 11) is 0. The van der Waals surface area contributed by atoms with E-state index in [4.69, 9.17) is 4.42 Å². The summed E-state index contributed by atoms with van der Waals surface area (Å²) in [6.45, 7) is 0.601. The minimum Gasteiger partial charge on any atom is -0.468 e. The quantitative estimate of drug-likeness (QED) is 0.582. The lowest BCUT2D eigenvalue weighted by atomic mass is 10.1. The van der Waals surface area contributed by atoms with E-state index in [1.165, 1.54) is 0 Å². The van der Waals surface area contributed by atoms with Gasteiger partial charge in [-0.3, -0.25) is 4.79 Å². The van der Waals surface area contributed by atoms with Crippen molar-refractivity contribution in [3.63, 3.8) is 0 Å². The van der Waals surface area contributed by atoms with Crippen LogP contribution < -0.4 is 5.32 Å². The number of allylic oxidation sites excluding steroid dienone is 1. The fourth-order valence-corrected chi connectivity index (χ4v) is 1.22. The van der Waals surface area contributed by atoms with E-state index in [-0.39, 0.29) is 5.91 Å². The van der Waals surface area contributed by atoms with Crippen LogP contribution in [0.1, 0.15) is 16.1 Å². The molecule has 2 rings (SSSR count). The lowest BCUT2D eigenvalue weighted by molar-refractivity contribution is 0.0955. The Morgan fingerprint density at radius 2 is 2.33 bits per heavy atom. The maximum Gasteiger partial charge on any atom is 0.255 e. The average Bonchev–Trinajstić information content (AvgIpc) is 2.47. The molecule has 0 saturated heterocycles. The maximum atomic E-state index is 11.3. The standard InChI is InChI=1S/C9H9NO2/c11-9-7-4-6-12-8(7)3-1-2-5-10-9/h1-2,4,6H,3,5H2,(H,10,11)/b2-1-. The van der Waals surface area contributed by atoms with Crippen molar-refractivity contribution in [2.75, 3.05) is 6.54 Å². The molecule has 2 heterocycles. The zero-order valence-corrected chi connectivity index (χ0v) is 6.54. The molecule has 0 atom stereocenters. The van der Waals surface area contributed by atoms with Crippen LogP contribution in [0, 0.1) is 0 Å². The van der Waals surface area contributed by atoms with Gasteiger partial charge in [-0.15, -0.1) is 0 Å². The number of amides is 1. The molecule has 62 valence electrons. The normalized spacial score (nSPS) is 18.8. The molecule has 0 spiro atoms. The highest BCUT2D eigenvalue weighted by Crippen LogP contribution is 2.12. The topological polar surface area (TPSA) is 42.2 Å². The predicted molar refractivity (Wildman–Crippen MR) is 43.9 cm³/mol. The van der Waals surface area contributed by atoms with Crippen LogP contribution in [0.2, 0.25) is 0 Å². The molecule has 0 fully saturated rings. The van der Waals surface area contributed by atoms with E-state index < -0.39 is 0 Å². The second-order valence-corrected chi connectivity index (χ2v) is 2.64. The Balaban J connectivity index is 2.40. The second kappa shape index (κ2) is 2.85. The van der Waals surface area contributed by atoms with Crippen molar-refractivity contribution >= 4 is 5.91 Å². The maximum absolute atomic E-state index is 11.3. The minimum atomic E-state index is -0.0527. The minimum absolute atomic E-state index is 0.0527. The van der Waals surface area contributed by atoms with Crippen LogP contribution in [0.3, 0.4) is 0 Å². The third kappa shape index (κ3) is 1.13. The number of fused-ring (bicyclic) bond motifs is 1. The molecule has 0 aromatic carbocycles. The van der Waals surface area contributed by atoms with E-state index in [1.807, 2.05) is 12.2 Å². The van der Waals surface area contributed by atoms with E-state index >= 15 is 0 Å². The largest absolute Gasteiger partial charge is 0.468 e. The number of carbonyl (C=O) groups is 1. The van der Waals surface area contributed by atoms with Crippen molar-refractivity contribution < 1.29 is 9.21 Å². The number of hydrogen-bond acceptors (Lipinski definition) is 2. The molecule has 1 aliphatic rings. The van der Waals surface area contributed by atoms with Crippen molar-refractivity contribution in [2.45, 2.75) is 6.42 Å². The molecular weight excluding hydrogens is 154 g/mol. The molecule has 3 heteroatoms. The van der Waals surface area contributed by atoms with Crippen molar-refractivity contribution in [3.8, 4) is 0 Å². The Hall–Kier alpha value is -1.51. The van der Waals surface area contributed by atoms with Gasteiger partial charge in [0.05, 0.1) is 11.8 Å². The van der Waals surface area contributed by atoms with Crippen LogP contribution >= 0.6 is 0 Å². The van der Waals surface area contributed by atoms with E-state index in [1.54, 1.807) is 12.3 Å². The van der Waals surface area contributed by atoms with Crippen molar-refractivity contribution in [1.82, 2.24) is 5.32 Å². The Labute approximate surface area is 70.1 Å². The van der Waals surface area contributed by atoms with Crippen molar-refractivity contribution in [3.05, 3.63) is 35.8 Å². The second-order valence-electron chi connectivity index (χ2n) is 2.64. The predicted octanol–water partition coefficient (Wildman–Crippen LogP) is 1.12. The number of furan rings is 1. The number of hydrogen-bond donors (Lipinski definition) is 1. The molecule has 0 bridgehead atoms. The highest BCUT2D eigenvalue weighted by molar-refractivity contribution is 5.95. The fraction of sp³-hybridized carbons (Fsp3) is 0.222. The lowest BCUT2D eigenvalue weighted by Crippen LogP contribution is -2.24. The molecule has 1 aromatic heterocycles. The summed E-state index contributed by atoms with van der Waals surface area (Å²) in [5.41, 5.74) is 0.652.